The van der Waals surface area contributed by atoms with Crippen LogP contribution in [0.2, 0.25) is 0 Å². The van der Waals surface area contributed by atoms with Gasteiger partial charge in [-0.25, -0.2) is 0 Å². The largest absolute Gasteiger partial charge is 0.497 e. The molecule has 0 heterocycles. The Balaban J connectivity index is 2.19. The monoisotopic (exact) mass is 232 g/mol. The molecule has 1 nitrogen and oxygen atoms in total. The van der Waals surface area contributed by atoms with Crippen LogP contribution in [0.15, 0.2) is 30.3 Å². The van der Waals surface area contributed by atoms with Crippen LogP contribution in [0, 0.1) is 0 Å². The molecular weight excluding hydrogens is 208 g/mol. The van der Waals surface area contributed by atoms with Crippen LogP contribution >= 0.6 is 0 Å². The minimum atomic E-state index is 0.918. The third-order valence-electron chi connectivity index (χ3n) is 2.90. The summed E-state index contributed by atoms with van der Waals surface area (Å²) >= 11 is 0. The lowest BCUT2D eigenvalue weighted by Gasteiger charge is -1.99. The number of hydrogen-bond acceptors (Lipinski definition) is 1. The zero-order valence-corrected chi connectivity index (χ0v) is 11.1. The van der Waals surface area contributed by atoms with Gasteiger partial charge in [0, 0.05) is 0 Å². The van der Waals surface area contributed by atoms with E-state index in [1.54, 1.807) is 7.11 Å². The Labute approximate surface area is 106 Å². The summed E-state index contributed by atoms with van der Waals surface area (Å²) in [6.45, 7) is 2.25. The van der Waals surface area contributed by atoms with Crippen molar-refractivity contribution in [1.29, 1.82) is 0 Å². The summed E-state index contributed by atoms with van der Waals surface area (Å²) in [6.07, 6.45) is 12.4. The molecule has 94 valence electrons. The second kappa shape index (κ2) is 8.86. The van der Waals surface area contributed by atoms with Crippen molar-refractivity contribution in [3.05, 3.63) is 35.9 Å². The van der Waals surface area contributed by atoms with E-state index < -0.39 is 0 Å². The van der Waals surface area contributed by atoms with Gasteiger partial charge in [-0.05, 0) is 30.5 Å². The van der Waals surface area contributed by atoms with Crippen molar-refractivity contribution in [3.8, 4) is 5.75 Å². The fourth-order valence-electron chi connectivity index (χ4n) is 1.80. The van der Waals surface area contributed by atoms with Crippen LogP contribution in [0.4, 0.5) is 0 Å². The van der Waals surface area contributed by atoms with Crippen molar-refractivity contribution < 1.29 is 4.74 Å². The predicted octanol–water partition coefficient (Wildman–Crippen LogP) is 5.07. The summed E-state index contributed by atoms with van der Waals surface area (Å²) in [4.78, 5) is 0. The molecule has 0 bridgehead atoms. The smallest absolute Gasteiger partial charge is 0.118 e. The van der Waals surface area contributed by atoms with Crippen molar-refractivity contribution in [3.63, 3.8) is 0 Å². The Morgan fingerprint density at radius 1 is 1.00 bits per heavy atom. The van der Waals surface area contributed by atoms with Crippen LogP contribution in [0.3, 0.4) is 0 Å². The van der Waals surface area contributed by atoms with Crippen LogP contribution in [-0.2, 0) is 0 Å². The molecule has 0 aliphatic rings. The van der Waals surface area contributed by atoms with Crippen LogP contribution in [0.25, 0.3) is 6.08 Å². The highest BCUT2D eigenvalue weighted by Gasteiger charge is 1.90. The maximum atomic E-state index is 5.13. The highest BCUT2D eigenvalue weighted by Crippen LogP contribution is 2.13. The van der Waals surface area contributed by atoms with Crippen molar-refractivity contribution in [2.75, 3.05) is 7.11 Å². The Hall–Kier alpha value is -1.24. The third kappa shape index (κ3) is 6.15. The van der Waals surface area contributed by atoms with E-state index in [1.807, 2.05) is 12.1 Å². The Morgan fingerprint density at radius 3 is 2.35 bits per heavy atom. The van der Waals surface area contributed by atoms with E-state index in [0.29, 0.717) is 0 Å². The first-order valence-corrected chi connectivity index (χ1v) is 6.67. The molecule has 1 heteroatoms. The average molecular weight is 232 g/mol. The van der Waals surface area contributed by atoms with Gasteiger partial charge in [0.15, 0.2) is 0 Å². The van der Waals surface area contributed by atoms with Crippen molar-refractivity contribution >= 4 is 6.08 Å². The summed E-state index contributed by atoms with van der Waals surface area (Å²) in [6, 6.07) is 8.18. The van der Waals surface area contributed by atoms with E-state index in [0.717, 1.165) is 5.75 Å². The summed E-state index contributed by atoms with van der Waals surface area (Å²) in [7, 11) is 1.70. The molecule has 0 aliphatic heterocycles. The molecule has 0 aliphatic carbocycles. The zero-order chi connectivity index (χ0) is 12.3. The first kappa shape index (κ1) is 13.8. The fraction of sp³-hybridized carbons (Fsp3) is 0.500. The first-order chi connectivity index (χ1) is 8.36. The quantitative estimate of drug-likeness (QED) is 0.569. The number of ether oxygens (including phenoxy) is 1. The molecule has 0 unspecified atom stereocenters. The van der Waals surface area contributed by atoms with Gasteiger partial charge in [-0.1, -0.05) is 56.9 Å². The highest BCUT2D eigenvalue weighted by atomic mass is 16.5. The molecule has 0 fully saturated rings. The van der Waals surface area contributed by atoms with Gasteiger partial charge in [-0.2, -0.15) is 0 Å². The Bertz CT molecular complexity index is 311. The molecule has 0 atom stereocenters. The Kier molecular flexibility index (Phi) is 7.20. The van der Waals surface area contributed by atoms with Gasteiger partial charge in [-0.3, -0.25) is 0 Å². The highest BCUT2D eigenvalue weighted by molar-refractivity contribution is 5.50. The number of allylic oxidation sites excluding steroid dienone is 1. The molecule has 1 aromatic carbocycles. The second-order valence-electron chi connectivity index (χ2n) is 4.38. The minimum absolute atomic E-state index is 0.918. The fourth-order valence-corrected chi connectivity index (χ4v) is 1.80. The van der Waals surface area contributed by atoms with E-state index in [-0.39, 0.29) is 0 Å². The molecule has 0 N–H and O–H groups in total. The number of methoxy groups -OCH3 is 1. The van der Waals surface area contributed by atoms with Crippen LogP contribution < -0.4 is 4.74 Å². The van der Waals surface area contributed by atoms with Crippen molar-refractivity contribution in [2.45, 2.75) is 45.4 Å². The van der Waals surface area contributed by atoms with Gasteiger partial charge in [0.25, 0.3) is 0 Å². The van der Waals surface area contributed by atoms with Gasteiger partial charge in [0.2, 0.25) is 0 Å². The SMILES string of the molecule is CCCCCCC/C=C\c1ccc(OC)cc1. The molecule has 17 heavy (non-hydrogen) atoms. The van der Waals surface area contributed by atoms with Crippen LogP contribution in [0.1, 0.15) is 51.0 Å². The summed E-state index contributed by atoms with van der Waals surface area (Å²) in [5.41, 5.74) is 1.25. The molecule has 1 aromatic rings. The molecule has 0 spiro atoms. The molecular formula is C16H24O. The lowest BCUT2D eigenvalue weighted by molar-refractivity contribution is 0.415. The number of hydrogen-bond donors (Lipinski definition) is 0. The molecule has 0 aromatic heterocycles. The third-order valence-corrected chi connectivity index (χ3v) is 2.90. The molecule has 0 amide bonds. The van der Waals surface area contributed by atoms with Crippen molar-refractivity contribution in [1.82, 2.24) is 0 Å². The zero-order valence-electron chi connectivity index (χ0n) is 11.1. The topological polar surface area (TPSA) is 9.23 Å². The van der Waals surface area contributed by atoms with E-state index in [2.05, 4.69) is 31.2 Å². The minimum Gasteiger partial charge on any atom is -0.497 e. The van der Waals surface area contributed by atoms with Crippen molar-refractivity contribution in [2.24, 2.45) is 0 Å². The summed E-state index contributed by atoms with van der Waals surface area (Å²) in [5, 5.41) is 0. The molecule has 1 rings (SSSR count). The van der Waals surface area contributed by atoms with E-state index in [1.165, 1.54) is 44.1 Å². The summed E-state index contributed by atoms with van der Waals surface area (Å²) in [5.74, 6) is 0.918. The lowest BCUT2D eigenvalue weighted by atomic mass is 10.1. The summed E-state index contributed by atoms with van der Waals surface area (Å²) < 4.78 is 5.13. The Morgan fingerprint density at radius 2 is 1.71 bits per heavy atom. The van der Waals surface area contributed by atoms with Gasteiger partial charge < -0.3 is 4.74 Å². The molecule has 0 saturated carbocycles. The van der Waals surface area contributed by atoms with Gasteiger partial charge in [-0.15, -0.1) is 0 Å². The second-order valence-corrected chi connectivity index (χ2v) is 4.38. The normalized spacial score (nSPS) is 10.9. The number of benzene rings is 1. The van der Waals surface area contributed by atoms with Gasteiger partial charge >= 0.3 is 0 Å². The van der Waals surface area contributed by atoms with Crippen LogP contribution in [0.5, 0.6) is 5.75 Å². The number of unbranched alkanes of at least 4 members (excludes halogenated alkanes) is 5. The standard InChI is InChI=1S/C16H24O/c1-3-4-5-6-7-8-9-10-15-11-13-16(17-2)14-12-15/h9-14H,3-8H2,1-2H3/b10-9-. The maximum absolute atomic E-state index is 5.13. The predicted molar refractivity (Wildman–Crippen MR) is 75.4 cm³/mol. The van der Waals surface area contributed by atoms with Crippen LogP contribution in [-0.4, -0.2) is 7.11 Å². The van der Waals surface area contributed by atoms with E-state index >= 15 is 0 Å². The average Bonchev–Trinajstić information content (AvgIpc) is 2.38. The van der Waals surface area contributed by atoms with Gasteiger partial charge in [0.1, 0.15) is 5.75 Å². The number of rotatable bonds is 8. The van der Waals surface area contributed by atoms with E-state index in [4.69, 9.17) is 4.74 Å². The first-order valence-electron chi connectivity index (χ1n) is 6.67. The molecule has 0 saturated heterocycles. The lowest BCUT2D eigenvalue weighted by Crippen LogP contribution is -1.81. The molecule has 0 radical (unpaired) electrons. The van der Waals surface area contributed by atoms with E-state index in [9.17, 15) is 0 Å². The maximum Gasteiger partial charge on any atom is 0.118 e. The van der Waals surface area contributed by atoms with Gasteiger partial charge in [0.05, 0.1) is 7.11 Å².